The number of urea groups is 1. The van der Waals surface area contributed by atoms with Crippen molar-refractivity contribution in [1.82, 2.24) is 10.3 Å². The number of amides is 2. The lowest BCUT2D eigenvalue weighted by molar-refractivity contribution is -0.137. The number of fused-ring (bicyclic) bond motifs is 1. The molecule has 1 heterocycles. The van der Waals surface area contributed by atoms with E-state index >= 15 is 0 Å². The first kappa shape index (κ1) is 14.8. The van der Waals surface area contributed by atoms with Gasteiger partial charge in [-0.2, -0.15) is 0 Å². The van der Waals surface area contributed by atoms with E-state index in [2.05, 4.69) is 15.6 Å². The molecule has 1 aromatic heterocycles. The second kappa shape index (κ2) is 6.69. The van der Waals surface area contributed by atoms with Crippen LogP contribution in [-0.2, 0) is 17.6 Å². The zero-order chi connectivity index (χ0) is 14.5. The molecule has 0 spiro atoms. The predicted octanol–water partition coefficient (Wildman–Crippen LogP) is 2.25. The molecule has 0 aromatic carbocycles. The highest BCUT2D eigenvalue weighted by Crippen LogP contribution is 2.30. The smallest absolute Gasteiger partial charge is 0.321 e. The van der Waals surface area contributed by atoms with Gasteiger partial charge >= 0.3 is 12.0 Å². The lowest BCUT2D eigenvalue weighted by Crippen LogP contribution is -2.32. The van der Waals surface area contributed by atoms with Crippen LogP contribution in [0.2, 0.25) is 0 Å². The summed E-state index contributed by atoms with van der Waals surface area (Å²) in [6.07, 6.45) is 3.90. The zero-order valence-electron chi connectivity index (χ0n) is 11.4. The molecule has 2 amide bonds. The summed E-state index contributed by atoms with van der Waals surface area (Å²) in [4.78, 5) is 27.8. The quantitative estimate of drug-likeness (QED) is 0.751. The molecule has 20 heavy (non-hydrogen) atoms. The fraction of sp³-hybridized carbons (Fsp3) is 0.615. The Morgan fingerprint density at radius 2 is 2.25 bits per heavy atom. The van der Waals surface area contributed by atoms with Gasteiger partial charge in [0.1, 0.15) is 0 Å². The highest BCUT2D eigenvalue weighted by atomic mass is 32.1. The first-order chi connectivity index (χ1) is 9.54. The molecule has 2 rings (SSSR count). The van der Waals surface area contributed by atoms with Gasteiger partial charge in [0, 0.05) is 17.8 Å². The molecule has 7 heteroatoms. The molecule has 0 saturated heterocycles. The Bertz CT molecular complexity index is 480. The van der Waals surface area contributed by atoms with E-state index in [0.29, 0.717) is 18.1 Å². The van der Waals surface area contributed by atoms with Crippen molar-refractivity contribution in [2.45, 2.75) is 39.0 Å². The van der Waals surface area contributed by atoms with Crippen LogP contribution in [-0.4, -0.2) is 28.6 Å². The summed E-state index contributed by atoms with van der Waals surface area (Å²) in [6.45, 7) is 2.38. The third kappa shape index (κ3) is 4.19. The fourth-order valence-electron chi connectivity index (χ4n) is 2.12. The maximum absolute atomic E-state index is 11.7. The van der Waals surface area contributed by atoms with E-state index in [1.54, 1.807) is 0 Å². The number of thiazole rings is 1. The van der Waals surface area contributed by atoms with Crippen molar-refractivity contribution in [2.75, 3.05) is 11.9 Å². The lowest BCUT2D eigenvalue weighted by Gasteiger charge is -2.11. The van der Waals surface area contributed by atoms with E-state index in [9.17, 15) is 9.59 Å². The number of hydrogen-bond donors (Lipinski definition) is 3. The maximum atomic E-state index is 11.7. The number of nitrogens with zero attached hydrogens (tertiary/aromatic N) is 1. The molecule has 0 saturated carbocycles. The van der Waals surface area contributed by atoms with E-state index in [1.165, 1.54) is 16.2 Å². The van der Waals surface area contributed by atoms with Crippen LogP contribution >= 0.6 is 11.3 Å². The molecule has 3 N–H and O–H groups in total. The molecule has 1 aliphatic rings. The Labute approximate surface area is 121 Å². The van der Waals surface area contributed by atoms with Gasteiger partial charge in [-0.05, 0) is 31.6 Å². The second-order valence-electron chi connectivity index (χ2n) is 5.12. The van der Waals surface area contributed by atoms with Crippen LogP contribution in [0.1, 0.15) is 36.8 Å². The van der Waals surface area contributed by atoms with Crippen molar-refractivity contribution in [3.63, 3.8) is 0 Å². The largest absolute Gasteiger partial charge is 0.481 e. The Morgan fingerprint density at radius 1 is 1.45 bits per heavy atom. The number of nitrogens with one attached hydrogen (secondary N) is 2. The minimum absolute atomic E-state index is 0.129. The Kier molecular flexibility index (Phi) is 4.94. The van der Waals surface area contributed by atoms with Crippen LogP contribution in [0.25, 0.3) is 0 Å². The standard InChI is InChI=1S/C13H19N3O3S/c1-8(5-6-11(17)18)7-14-12(19)16-13-15-9-3-2-4-10(9)20-13/h8H,2-7H2,1H3,(H,17,18)(H2,14,15,16,19). The van der Waals surface area contributed by atoms with Gasteiger partial charge < -0.3 is 10.4 Å². The number of aromatic nitrogens is 1. The molecule has 1 atom stereocenters. The second-order valence-corrected chi connectivity index (χ2v) is 6.20. The Hall–Kier alpha value is -1.63. The van der Waals surface area contributed by atoms with Crippen LogP contribution in [0.3, 0.4) is 0 Å². The van der Waals surface area contributed by atoms with Gasteiger partial charge in [0.15, 0.2) is 5.13 Å². The number of carboxylic acids is 1. The molecule has 110 valence electrons. The molecule has 1 unspecified atom stereocenters. The van der Waals surface area contributed by atoms with Crippen LogP contribution in [0.5, 0.6) is 0 Å². The van der Waals surface area contributed by atoms with Gasteiger partial charge in [0.05, 0.1) is 5.69 Å². The summed E-state index contributed by atoms with van der Waals surface area (Å²) in [5, 5.41) is 14.7. The number of aliphatic carboxylic acids is 1. The van der Waals surface area contributed by atoms with Crippen molar-refractivity contribution >= 4 is 28.5 Å². The SMILES string of the molecule is CC(CCC(=O)O)CNC(=O)Nc1nc2c(s1)CCC2. The number of carbonyl (C=O) groups is 2. The monoisotopic (exact) mass is 297 g/mol. The summed E-state index contributed by atoms with van der Waals surface area (Å²) in [5.74, 6) is -0.670. The van der Waals surface area contributed by atoms with Crippen molar-refractivity contribution in [2.24, 2.45) is 5.92 Å². The molecule has 1 aliphatic carbocycles. The lowest BCUT2D eigenvalue weighted by atomic mass is 10.1. The Balaban J connectivity index is 1.71. The van der Waals surface area contributed by atoms with Crippen LogP contribution in [0, 0.1) is 5.92 Å². The highest BCUT2D eigenvalue weighted by Gasteiger charge is 2.17. The van der Waals surface area contributed by atoms with Crippen LogP contribution in [0.15, 0.2) is 0 Å². The molecular formula is C13H19N3O3S. The van der Waals surface area contributed by atoms with Crippen molar-refractivity contribution < 1.29 is 14.7 Å². The summed E-state index contributed by atoms with van der Waals surface area (Å²) in [5.41, 5.74) is 1.11. The number of hydrogen-bond acceptors (Lipinski definition) is 4. The van der Waals surface area contributed by atoms with Gasteiger partial charge in [-0.3, -0.25) is 10.1 Å². The molecule has 1 aromatic rings. The van der Waals surface area contributed by atoms with E-state index in [1.807, 2.05) is 6.92 Å². The molecule has 0 radical (unpaired) electrons. The van der Waals surface area contributed by atoms with Crippen molar-refractivity contribution in [1.29, 1.82) is 0 Å². The Morgan fingerprint density at radius 3 is 2.95 bits per heavy atom. The first-order valence-electron chi connectivity index (χ1n) is 6.80. The van der Waals surface area contributed by atoms with Gasteiger partial charge in [-0.1, -0.05) is 6.92 Å². The maximum Gasteiger partial charge on any atom is 0.321 e. The number of carboxylic acid groups (broad SMARTS) is 1. The normalized spacial score (nSPS) is 14.7. The minimum atomic E-state index is -0.807. The number of aryl methyl sites for hydroxylation is 2. The minimum Gasteiger partial charge on any atom is -0.481 e. The molecule has 0 bridgehead atoms. The summed E-state index contributed by atoms with van der Waals surface area (Å²) in [7, 11) is 0. The molecule has 0 aliphatic heterocycles. The van der Waals surface area contributed by atoms with E-state index < -0.39 is 5.97 Å². The average molecular weight is 297 g/mol. The highest BCUT2D eigenvalue weighted by molar-refractivity contribution is 7.15. The predicted molar refractivity (Wildman–Crippen MR) is 77.2 cm³/mol. The van der Waals surface area contributed by atoms with E-state index in [-0.39, 0.29) is 18.4 Å². The first-order valence-corrected chi connectivity index (χ1v) is 7.61. The third-order valence-corrected chi connectivity index (χ3v) is 4.35. The number of anilines is 1. The van der Waals surface area contributed by atoms with Gasteiger partial charge in [-0.15, -0.1) is 11.3 Å². The molecule has 6 nitrogen and oxygen atoms in total. The summed E-state index contributed by atoms with van der Waals surface area (Å²) < 4.78 is 0. The van der Waals surface area contributed by atoms with E-state index in [0.717, 1.165) is 25.0 Å². The van der Waals surface area contributed by atoms with Crippen molar-refractivity contribution in [3.05, 3.63) is 10.6 Å². The van der Waals surface area contributed by atoms with Crippen molar-refractivity contribution in [3.8, 4) is 0 Å². The van der Waals surface area contributed by atoms with Crippen LogP contribution < -0.4 is 10.6 Å². The summed E-state index contributed by atoms with van der Waals surface area (Å²) >= 11 is 1.54. The summed E-state index contributed by atoms with van der Waals surface area (Å²) in [6, 6.07) is -0.278. The van der Waals surface area contributed by atoms with Gasteiger partial charge in [0.2, 0.25) is 0 Å². The number of rotatable bonds is 6. The number of carbonyl (C=O) groups excluding carboxylic acids is 1. The molecular weight excluding hydrogens is 278 g/mol. The fourth-order valence-corrected chi connectivity index (χ4v) is 3.17. The third-order valence-electron chi connectivity index (χ3n) is 3.28. The zero-order valence-corrected chi connectivity index (χ0v) is 12.3. The average Bonchev–Trinajstić information content (AvgIpc) is 2.94. The topological polar surface area (TPSA) is 91.3 Å². The molecule has 0 fully saturated rings. The van der Waals surface area contributed by atoms with Gasteiger partial charge in [0.25, 0.3) is 0 Å². The van der Waals surface area contributed by atoms with Gasteiger partial charge in [-0.25, -0.2) is 9.78 Å². The van der Waals surface area contributed by atoms with E-state index in [4.69, 9.17) is 5.11 Å². The van der Waals surface area contributed by atoms with Crippen LogP contribution in [0.4, 0.5) is 9.93 Å².